The normalized spacial score (nSPS) is 27.0. The monoisotopic (exact) mass is 373 g/mol. The third kappa shape index (κ3) is 3.69. The Morgan fingerprint density at radius 2 is 2.16 bits per heavy atom. The fraction of sp³-hybridized carbons (Fsp3) is 0.533. The number of hydrogen-bond donors (Lipinski definition) is 2. The van der Waals surface area contributed by atoms with Crippen LogP contribution < -0.4 is 5.32 Å². The number of carbonyl (C=O) groups is 1. The summed E-state index contributed by atoms with van der Waals surface area (Å²) in [5, 5.41) is 12.7. The van der Waals surface area contributed by atoms with E-state index in [1.54, 1.807) is 0 Å². The lowest BCUT2D eigenvalue weighted by atomic mass is 9.77. The van der Waals surface area contributed by atoms with Gasteiger partial charge < -0.3 is 10.4 Å². The Kier molecular flexibility index (Phi) is 4.84. The van der Waals surface area contributed by atoms with E-state index in [2.05, 4.69) is 34.8 Å². The summed E-state index contributed by atoms with van der Waals surface area (Å²) in [6.07, 6.45) is 3.85. The van der Waals surface area contributed by atoms with Crippen LogP contribution in [0.1, 0.15) is 43.0 Å². The van der Waals surface area contributed by atoms with E-state index in [4.69, 9.17) is 0 Å². The average Bonchev–Trinajstić information content (AvgIpc) is 2.42. The van der Waals surface area contributed by atoms with E-state index in [1.807, 2.05) is 24.3 Å². The molecule has 0 bridgehead atoms. The van der Waals surface area contributed by atoms with Gasteiger partial charge in [-0.15, -0.1) is 0 Å². The van der Waals surface area contributed by atoms with Crippen LogP contribution in [0.3, 0.4) is 0 Å². The number of aliphatic hydroxyl groups excluding tert-OH is 1. The first-order chi connectivity index (χ1) is 9.04. The van der Waals surface area contributed by atoms with Gasteiger partial charge in [0.2, 0.25) is 0 Å². The molecular formula is C15H20INO2. The van der Waals surface area contributed by atoms with Gasteiger partial charge in [-0.3, -0.25) is 4.79 Å². The van der Waals surface area contributed by atoms with E-state index in [-0.39, 0.29) is 12.5 Å². The first-order valence-corrected chi connectivity index (χ1v) is 7.81. The number of rotatable bonds is 3. The number of carbonyl (C=O) groups excluding carboxylic acids is 1. The second kappa shape index (κ2) is 6.22. The molecule has 0 unspecified atom stereocenters. The van der Waals surface area contributed by atoms with Crippen molar-refractivity contribution in [3.05, 3.63) is 33.4 Å². The van der Waals surface area contributed by atoms with Gasteiger partial charge in [0, 0.05) is 9.13 Å². The van der Waals surface area contributed by atoms with Gasteiger partial charge in [-0.2, -0.15) is 0 Å². The standard InChI is InChI=1S/C15H20INO2/c1-11-5-7-15(10-18,8-6-11)17-14(19)12-3-2-4-13(16)9-12/h2-4,9,11,18H,5-8,10H2,1H3,(H,17,19). The van der Waals surface area contributed by atoms with Gasteiger partial charge in [0.25, 0.3) is 5.91 Å². The average molecular weight is 373 g/mol. The van der Waals surface area contributed by atoms with Gasteiger partial charge in [-0.1, -0.05) is 13.0 Å². The second-order valence-electron chi connectivity index (χ2n) is 5.59. The molecule has 0 aromatic heterocycles. The van der Waals surface area contributed by atoms with Crippen LogP contribution in [0.5, 0.6) is 0 Å². The number of nitrogens with one attached hydrogen (secondary N) is 1. The highest BCUT2D eigenvalue weighted by Crippen LogP contribution is 2.31. The Morgan fingerprint density at radius 3 is 2.74 bits per heavy atom. The molecular weight excluding hydrogens is 353 g/mol. The molecule has 0 saturated heterocycles. The largest absolute Gasteiger partial charge is 0.394 e. The summed E-state index contributed by atoms with van der Waals surface area (Å²) in [5.74, 6) is 0.608. The molecule has 1 amide bonds. The molecule has 4 heteroatoms. The third-order valence-corrected chi connectivity index (χ3v) is 4.67. The van der Waals surface area contributed by atoms with Crippen molar-refractivity contribution in [1.29, 1.82) is 0 Å². The highest BCUT2D eigenvalue weighted by molar-refractivity contribution is 14.1. The summed E-state index contributed by atoms with van der Waals surface area (Å²) in [4.78, 5) is 12.3. The van der Waals surface area contributed by atoms with Crippen LogP contribution >= 0.6 is 22.6 Å². The molecule has 19 heavy (non-hydrogen) atoms. The second-order valence-corrected chi connectivity index (χ2v) is 6.83. The highest BCUT2D eigenvalue weighted by Gasteiger charge is 2.35. The summed E-state index contributed by atoms with van der Waals surface area (Å²) in [7, 11) is 0. The summed E-state index contributed by atoms with van der Waals surface area (Å²) in [6, 6.07) is 7.52. The molecule has 104 valence electrons. The van der Waals surface area contributed by atoms with Crippen molar-refractivity contribution in [2.75, 3.05) is 6.61 Å². The molecule has 1 fully saturated rings. The summed E-state index contributed by atoms with van der Waals surface area (Å²) >= 11 is 2.20. The number of aliphatic hydroxyl groups is 1. The predicted octanol–water partition coefficient (Wildman–Crippen LogP) is 2.96. The maximum Gasteiger partial charge on any atom is 0.251 e. The van der Waals surface area contributed by atoms with Crippen LogP contribution in [0.4, 0.5) is 0 Å². The van der Waals surface area contributed by atoms with E-state index in [0.29, 0.717) is 11.5 Å². The Labute approximate surface area is 127 Å². The summed E-state index contributed by atoms with van der Waals surface area (Å²) < 4.78 is 1.04. The summed E-state index contributed by atoms with van der Waals surface area (Å²) in [5.41, 5.74) is 0.239. The van der Waals surface area contributed by atoms with Crippen LogP contribution in [0.2, 0.25) is 0 Å². The topological polar surface area (TPSA) is 49.3 Å². The third-order valence-electron chi connectivity index (χ3n) is 4.00. The minimum Gasteiger partial charge on any atom is -0.394 e. The highest BCUT2D eigenvalue weighted by atomic mass is 127. The fourth-order valence-electron chi connectivity index (χ4n) is 2.58. The zero-order valence-electron chi connectivity index (χ0n) is 11.2. The lowest BCUT2D eigenvalue weighted by Crippen LogP contribution is -2.53. The van der Waals surface area contributed by atoms with Gasteiger partial charge in [0.05, 0.1) is 12.1 Å². The Morgan fingerprint density at radius 1 is 1.47 bits per heavy atom. The smallest absolute Gasteiger partial charge is 0.251 e. The molecule has 0 atom stereocenters. The van der Waals surface area contributed by atoms with E-state index < -0.39 is 5.54 Å². The molecule has 0 aliphatic heterocycles. The fourth-order valence-corrected chi connectivity index (χ4v) is 3.12. The van der Waals surface area contributed by atoms with Gasteiger partial charge in [0.15, 0.2) is 0 Å². The zero-order chi connectivity index (χ0) is 13.9. The molecule has 0 spiro atoms. The Balaban J connectivity index is 2.08. The van der Waals surface area contributed by atoms with Crippen molar-refractivity contribution in [2.45, 2.75) is 38.1 Å². The molecule has 2 N–H and O–H groups in total. The number of hydrogen-bond acceptors (Lipinski definition) is 2. The van der Waals surface area contributed by atoms with Crippen molar-refractivity contribution in [3.8, 4) is 0 Å². The molecule has 2 rings (SSSR count). The van der Waals surface area contributed by atoms with E-state index >= 15 is 0 Å². The SMILES string of the molecule is CC1CCC(CO)(NC(=O)c2cccc(I)c2)CC1. The predicted molar refractivity (Wildman–Crippen MR) is 84.1 cm³/mol. The number of benzene rings is 1. The van der Waals surface area contributed by atoms with Gasteiger partial charge in [0.1, 0.15) is 0 Å². The van der Waals surface area contributed by atoms with Crippen LogP contribution in [0.25, 0.3) is 0 Å². The zero-order valence-corrected chi connectivity index (χ0v) is 13.3. The minimum atomic E-state index is -0.426. The van der Waals surface area contributed by atoms with Gasteiger partial charge in [-0.25, -0.2) is 0 Å². The molecule has 1 aliphatic rings. The first kappa shape index (κ1) is 14.8. The first-order valence-electron chi connectivity index (χ1n) is 6.74. The number of halogens is 1. The van der Waals surface area contributed by atoms with Crippen LogP contribution in [-0.4, -0.2) is 23.2 Å². The van der Waals surface area contributed by atoms with Crippen molar-refractivity contribution >= 4 is 28.5 Å². The van der Waals surface area contributed by atoms with E-state index in [0.717, 1.165) is 29.3 Å². The Bertz CT molecular complexity index is 453. The van der Waals surface area contributed by atoms with Crippen LogP contribution in [-0.2, 0) is 0 Å². The maximum atomic E-state index is 12.3. The molecule has 0 heterocycles. The molecule has 1 aromatic rings. The van der Waals surface area contributed by atoms with E-state index in [1.165, 1.54) is 0 Å². The van der Waals surface area contributed by atoms with Crippen LogP contribution in [0, 0.1) is 9.49 Å². The van der Waals surface area contributed by atoms with Crippen molar-refractivity contribution in [2.24, 2.45) is 5.92 Å². The van der Waals surface area contributed by atoms with Crippen LogP contribution in [0.15, 0.2) is 24.3 Å². The molecule has 3 nitrogen and oxygen atoms in total. The van der Waals surface area contributed by atoms with Crippen molar-refractivity contribution < 1.29 is 9.90 Å². The Hall–Kier alpha value is -0.620. The molecule has 0 radical (unpaired) electrons. The maximum absolute atomic E-state index is 12.3. The molecule has 1 saturated carbocycles. The summed E-state index contributed by atoms with van der Waals surface area (Å²) in [6.45, 7) is 2.25. The lowest BCUT2D eigenvalue weighted by molar-refractivity contribution is 0.0717. The number of amides is 1. The van der Waals surface area contributed by atoms with Gasteiger partial charge in [-0.05, 0) is 72.4 Å². The van der Waals surface area contributed by atoms with Crippen molar-refractivity contribution in [3.63, 3.8) is 0 Å². The molecule has 1 aliphatic carbocycles. The van der Waals surface area contributed by atoms with E-state index in [9.17, 15) is 9.90 Å². The minimum absolute atomic E-state index is 0.0232. The van der Waals surface area contributed by atoms with Crippen molar-refractivity contribution in [1.82, 2.24) is 5.32 Å². The van der Waals surface area contributed by atoms with Gasteiger partial charge >= 0.3 is 0 Å². The quantitative estimate of drug-likeness (QED) is 0.801. The lowest BCUT2D eigenvalue weighted by Gasteiger charge is -2.38. The molecule has 1 aromatic carbocycles.